The van der Waals surface area contributed by atoms with Gasteiger partial charge >= 0.3 is 5.91 Å². The number of hydrogen-bond acceptors (Lipinski definition) is 5. The number of Topliss-reactive ketones (excluding diaryl/α,β-unsaturated/α-hetero) is 1. The number of amides is 1. The molecular formula is C24H13ClF2N2O3S. The largest absolute Gasteiger partial charge is 0.507 e. The highest BCUT2D eigenvalue weighted by atomic mass is 35.5. The molecule has 1 N–H and O–H groups in total. The summed E-state index contributed by atoms with van der Waals surface area (Å²) in [5.41, 5.74) is 0.973. The quantitative estimate of drug-likeness (QED) is 0.226. The first-order valence-corrected chi connectivity index (χ1v) is 10.9. The summed E-state index contributed by atoms with van der Waals surface area (Å²) in [5.74, 6) is -3.17. The van der Waals surface area contributed by atoms with Gasteiger partial charge in [0.25, 0.3) is 5.78 Å². The van der Waals surface area contributed by atoms with E-state index in [1.54, 1.807) is 12.1 Å². The molecule has 1 aromatic heterocycles. The highest BCUT2D eigenvalue weighted by molar-refractivity contribution is 7.22. The lowest BCUT2D eigenvalue weighted by Gasteiger charge is -2.23. The molecule has 5 nitrogen and oxygen atoms in total. The normalized spacial score (nSPS) is 17.8. The fourth-order valence-corrected chi connectivity index (χ4v) is 4.89. The molecule has 1 aliphatic heterocycles. The van der Waals surface area contributed by atoms with E-state index in [-0.39, 0.29) is 16.3 Å². The van der Waals surface area contributed by atoms with Crippen molar-refractivity contribution < 1.29 is 23.5 Å². The molecule has 1 saturated heterocycles. The molecule has 1 amide bonds. The van der Waals surface area contributed by atoms with Crippen molar-refractivity contribution in [2.75, 3.05) is 4.90 Å². The summed E-state index contributed by atoms with van der Waals surface area (Å²) in [4.78, 5) is 31.8. The fourth-order valence-electron chi connectivity index (χ4n) is 3.74. The molecule has 9 heteroatoms. The van der Waals surface area contributed by atoms with Gasteiger partial charge in [-0.05, 0) is 60.2 Å². The van der Waals surface area contributed by atoms with Crippen molar-refractivity contribution in [3.05, 3.63) is 100 Å². The van der Waals surface area contributed by atoms with E-state index in [0.29, 0.717) is 20.8 Å². The van der Waals surface area contributed by atoms with Crippen LogP contribution in [0.4, 0.5) is 13.9 Å². The number of carbonyl (C=O) groups excluding carboxylic acids is 2. The summed E-state index contributed by atoms with van der Waals surface area (Å²) in [6.07, 6.45) is 0. The minimum Gasteiger partial charge on any atom is -0.507 e. The lowest BCUT2D eigenvalue weighted by Crippen LogP contribution is -2.29. The third-order valence-electron chi connectivity index (χ3n) is 5.29. The smallest absolute Gasteiger partial charge is 0.301 e. The van der Waals surface area contributed by atoms with Gasteiger partial charge in [-0.1, -0.05) is 35.1 Å². The van der Waals surface area contributed by atoms with Crippen LogP contribution in [0.3, 0.4) is 0 Å². The number of ketones is 1. The molecule has 33 heavy (non-hydrogen) atoms. The molecule has 0 radical (unpaired) electrons. The van der Waals surface area contributed by atoms with Crippen molar-refractivity contribution in [1.29, 1.82) is 0 Å². The standard InChI is InChI=1S/C24H13ClF2N2O3S/c25-14-5-1-13(2-6-14)21(30)19-20(12-3-7-15(26)8-4-12)29(23(32)22(19)31)24-28-17-10-9-16(27)11-18(17)33-24/h1-11,20,30H. The van der Waals surface area contributed by atoms with E-state index in [1.165, 1.54) is 54.6 Å². The van der Waals surface area contributed by atoms with Crippen LogP contribution in [0.25, 0.3) is 16.0 Å². The van der Waals surface area contributed by atoms with Gasteiger partial charge in [0.2, 0.25) is 0 Å². The van der Waals surface area contributed by atoms with E-state index < -0.39 is 35.1 Å². The SMILES string of the molecule is O=C1C(=O)N(c2nc3ccc(F)cc3s2)C(c2ccc(F)cc2)C1=C(O)c1ccc(Cl)cc1. The number of rotatable bonds is 3. The van der Waals surface area contributed by atoms with Gasteiger partial charge in [0.15, 0.2) is 5.13 Å². The lowest BCUT2D eigenvalue weighted by atomic mass is 9.95. The molecule has 1 atom stereocenters. The van der Waals surface area contributed by atoms with E-state index in [4.69, 9.17) is 11.6 Å². The monoisotopic (exact) mass is 482 g/mol. The van der Waals surface area contributed by atoms with Gasteiger partial charge in [-0.15, -0.1) is 0 Å². The van der Waals surface area contributed by atoms with Gasteiger partial charge in [-0.3, -0.25) is 14.5 Å². The molecule has 0 saturated carbocycles. The number of thiazole rings is 1. The third-order valence-corrected chi connectivity index (χ3v) is 6.56. The van der Waals surface area contributed by atoms with Crippen LogP contribution in [0.1, 0.15) is 17.2 Å². The number of benzene rings is 3. The number of fused-ring (bicyclic) bond motifs is 1. The van der Waals surface area contributed by atoms with E-state index >= 15 is 0 Å². The number of halogens is 3. The van der Waals surface area contributed by atoms with Crippen LogP contribution in [0.2, 0.25) is 5.02 Å². The maximum Gasteiger partial charge on any atom is 0.301 e. The second-order valence-electron chi connectivity index (χ2n) is 7.34. The predicted octanol–water partition coefficient (Wildman–Crippen LogP) is 5.85. The third kappa shape index (κ3) is 3.67. The zero-order valence-electron chi connectivity index (χ0n) is 16.6. The number of aliphatic hydroxyl groups excluding tert-OH is 1. The van der Waals surface area contributed by atoms with Crippen molar-refractivity contribution in [3.63, 3.8) is 0 Å². The zero-order valence-corrected chi connectivity index (χ0v) is 18.2. The Balaban J connectivity index is 1.73. The van der Waals surface area contributed by atoms with Crippen molar-refractivity contribution in [2.45, 2.75) is 6.04 Å². The van der Waals surface area contributed by atoms with Gasteiger partial charge in [0.05, 0.1) is 21.8 Å². The van der Waals surface area contributed by atoms with Crippen molar-refractivity contribution in [3.8, 4) is 0 Å². The van der Waals surface area contributed by atoms with Crippen molar-refractivity contribution in [1.82, 2.24) is 4.98 Å². The average Bonchev–Trinajstić information content (AvgIpc) is 3.32. The van der Waals surface area contributed by atoms with Gasteiger partial charge in [0.1, 0.15) is 17.4 Å². The molecule has 5 rings (SSSR count). The summed E-state index contributed by atoms with van der Waals surface area (Å²) in [5, 5.41) is 11.6. The first-order valence-electron chi connectivity index (χ1n) is 9.72. The summed E-state index contributed by atoms with van der Waals surface area (Å²) in [6.45, 7) is 0. The number of hydrogen-bond donors (Lipinski definition) is 1. The zero-order chi connectivity index (χ0) is 23.3. The Kier molecular flexibility index (Phi) is 5.19. The molecule has 1 aliphatic rings. The van der Waals surface area contributed by atoms with Crippen LogP contribution in [0.5, 0.6) is 0 Å². The molecular weight excluding hydrogens is 470 g/mol. The summed E-state index contributed by atoms with van der Waals surface area (Å²) < 4.78 is 27.8. The fraction of sp³-hybridized carbons (Fsp3) is 0.0417. The Morgan fingerprint density at radius 1 is 0.970 bits per heavy atom. The molecule has 3 aromatic carbocycles. The molecule has 4 aromatic rings. The second-order valence-corrected chi connectivity index (χ2v) is 8.78. The number of carbonyl (C=O) groups is 2. The first-order chi connectivity index (χ1) is 15.8. The van der Waals surface area contributed by atoms with Crippen molar-refractivity contribution in [2.24, 2.45) is 0 Å². The topological polar surface area (TPSA) is 70.5 Å². The Hall–Kier alpha value is -3.62. The maximum atomic E-state index is 13.7. The van der Waals surface area contributed by atoms with Crippen LogP contribution in [0.15, 0.2) is 72.3 Å². The number of anilines is 1. The van der Waals surface area contributed by atoms with Crippen LogP contribution >= 0.6 is 22.9 Å². The molecule has 2 heterocycles. The van der Waals surface area contributed by atoms with Crippen LogP contribution in [0, 0.1) is 11.6 Å². The first kappa shape index (κ1) is 21.2. The minimum atomic E-state index is -1.06. The Morgan fingerprint density at radius 3 is 2.33 bits per heavy atom. The van der Waals surface area contributed by atoms with E-state index in [2.05, 4.69) is 4.98 Å². The minimum absolute atomic E-state index is 0.155. The maximum absolute atomic E-state index is 13.7. The highest BCUT2D eigenvalue weighted by Gasteiger charge is 2.48. The molecule has 0 aliphatic carbocycles. The molecule has 0 spiro atoms. The van der Waals surface area contributed by atoms with E-state index in [9.17, 15) is 23.5 Å². The second kappa shape index (κ2) is 8.06. The van der Waals surface area contributed by atoms with E-state index in [0.717, 1.165) is 16.2 Å². The van der Waals surface area contributed by atoms with Crippen LogP contribution in [-0.4, -0.2) is 21.8 Å². The summed E-state index contributed by atoms with van der Waals surface area (Å²) >= 11 is 6.96. The Bertz CT molecular complexity index is 1450. The lowest BCUT2D eigenvalue weighted by molar-refractivity contribution is -0.132. The molecule has 1 fully saturated rings. The summed E-state index contributed by atoms with van der Waals surface area (Å²) in [6, 6.07) is 14.3. The van der Waals surface area contributed by atoms with Crippen LogP contribution in [-0.2, 0) is 9.59 Å². The van der Waals surface area contributed by atoms with Gasteiger partial charge in [-0.25, -0.2) is 13.8 Å². The van der Waals surface area contributed by atoms with Gasteiger partial charge in [0, 0.05) is 10.6 Å². The molecule has 1 unspecified atom stereocenters. The number of aliphatic hydroxyl groups is 1. The Labute approximate surface area is 195 Å². The Morgan fingerprint density at radius 2 is 1.64 bits per heavy atom. The highest BCUT2D eigenvalue weighted by Crippen LogP contribution is 2.44. The number of aromatic nitrogens is 1. The number of nitrogens with zero attached hydrogens (tertiary/aromatic N) is 2. The average molecular weight is 483 g/mol. The van der Waals surface area contributed by atoms with Gasteiger partial charge < -0.3 is 5.11 Å². The van der Waals surface area contributed by atoms with E-state index in [1.807, 2.05) is 0 Å². The van der Waals surface area contributed by atoms with Crippen LogP contribution < -0.4 is 4.90 Å². The van der Waals surface area contributed by atoms with Gasteiger partial charge in [-0.2, -0.15) is 0 Å². The molecule has 164 valence electrons. The predicted molar refractivity (Wildman–Crippen MR) is 122 cm³/mol. The summed E-state index contributed by atoms with van der Waals surface area (Å²) in [7, 11) is 0. The molecule has 0 bridgehead atoms. The van der Waals surface area contributed by atoms with Crippen molar-refractivity contribution >= 4 is 55.7 Å².